The van der Waals surface area contributed by atoms with Crippen molar-refractivity contribution in [2.45, 2.75) is 13.8 Å². The molecule has 5 nitrogen and oxygen atoms in total. The molecule has 0 amide bonds. The van der Waals surface area contributed by atoms with Crippen molar-refractivity contribution in [3.8, 4) is 16.2 Å². The Hall–Kier alpha value is -2.60. The third-order valence-electron chi connectivity index (χ3n) is 3.55. The van der Waals surface area contributed by atoms with Crippen molar-refractivity contribution >= 4 is 28.3 Å². The highest BCUT2D eigenvalue weighted by Crippen LogP contribution is 2.33. The first kappa shape index (κ1) is 14.3. The second-order valence-electron chi connectivity index (χ2n) is 4.99. The number of thiophene rings is 1. The fraction of sp³-hybridized carbons (Fsp3) is 0.125. The molecule has 2 aromatic heterocycles. The van der Waals surface area contributed by atoms with Crippen LogP contribution in [-0.2, 0) is 0 Å². The van der Waals surface area contributed by atoms with E-state index < -0.39 is 11.6 Å². The van der Waals surface area contributed by atoms with Crippen LogP contribution in [0.2, 0.25) is 0 Å². The van der Waals surface area contributed by atoms with Gasteiger partial charge in [0.1, 0.15) is 16.2 Å². The first-order valence-electron chi connectivity index (χ1n) is 6.49. The fourth-order valence-corrected chi connectivity index (χ4v) is 3.30. The van der Waals surface area contributed by atoms with E-state index in [9.17, 15) is 14.7 Å². The van der Waals surface area contributed by atoms with Gasteiger partial charge in [-0.15, -0.1) is 11.3 Å². The summed E-state index contributed by atoms with van der Waals surface area (Å²) < 4.78 is 5.28. The number of aryl methyl sites for hydroxylation is 2. The summed E-state index contributed by atoms with van der Waals surface area (Å²) in [6.07, 6.45) is 0. The largest absolute Gasteiger partial charge is 0.508 e. The maximum atomic E-state index is 12.2. The predicted molar refractivity (Wildman–Crippen MR) is 83.9 cm³/mol. The molecule has 2 heterocycles. The molecule has 0 radical (unpaired) electrons. The molecule has 112 valence electrons. The maximum absolute atomic E-state index is 12.2. The van der Waals surface area contributed by atoms with Crippen molar-refractivity contribution in [2.24, 2.45) is 0 Å². The van der Waals surface area contributed by atoms with Crippen molar-refractivity contribution in [2.75, 3.05) is 0 Å². The van der Waals surface area contributed by atoms with Crippen LogP contribution in [0, 0.1) is 13.8 Å². The Morgan fingerprint density at radius 2 is 1.95 bits per heavy atom. The van der Waals surface area contributed by atoms with Gasteiger partial charge >= 0.3 is 11.6 Å². The SMILES string of the molecule is Cc1cc2c(C)c(-c3ccc(C(=O)O)s3)c(=O)oc2cc1O. The van der Waals surface area contributed by atoms with Crippen LogP contribution in [0.5, 0.6) is 5.75 Å². The summed E-state index contributed by atoms with van der Waals surface area (Å²) in [4.78, 5) is 23.9. The number of rotatable bonds is 2. The van der Waals surface area contributed by atoms with Crippen LogP contribution in [0.4, 0.5) is 0 Å². The summed E-state index contributed by atoms with van der Waals surface area (Å²) in [6, 6.07) is 6.23. The molecular weight excluding hydrogens is 304 g/mol. The highest BCUT2D eigenvalue weighted by molar-refractivity contribution is 7.17. The van der Waals surface area contributed by atoms with Crippen molar-refractivity contribution < 1.29 is 19.4 Å². The van der Waals surface area contributed by atoms with Gasteiger partial charge in [0.15, 0.2) is 0 Å². The third kappa shape index (κ3) is 2.17. The van der Waals surface area contributed by atoms with Gasteiger partial charge in [-0.25, -0.2) is 9.59 Å². The average molecular weight is 316 g/mol. The molecule has 0 fully saturated rings. The lowest BCUT2D eigenvalue weighted by Crippen LogP contribution is -2.05. The monoisotopic (exact) mass is 316 g/mol. The van der Waals surface area contributed by atoms with Gasteiger partial charge in [-0.3, -0.25) is 0 Å². The van der Waals surface area contributed by atoms with Crippen LogP contribution < -0.4 is 5.63 Å². The van der Waals surface area contributed by atoms with Gasteiger partial charge < -0.3 is 14.6 Å². The first-order chi connectivity index (χ1) is 10.4. The molecule has 0 unspecified atom stereocenters. The van der Waals surface area contributed by atoms with Crippen LogP contribution in [0.25, 0.3) is 21.4 Å². The minimum absolute atomic E-state index is 0.0621. The zero-order valence-electron chi connectivity index (χ0n) is 11.8. The second kappa shape index (κ2) is 4.99. The summed E-state index contributed by atoms with van der Waals surface area (Å²) in [5.74, 6) is -0.966. The maximum Gasteiger partial charge on any atom is 0.345 e. The Balaban J connectivity index is 2.32. The van der Waals surface area contributed by atoms with Crippen molar-refractivity contribution in [1.82, 2.24) is 0 Å². The molecule has 3 aromatic rings. The Kier molecular flexibility index (Phi) is 3.26. The van der Waals surface area contributed by atoms with Crippen LogP contribution in [0.3, 0.4) is 0 Å². The lowest BCUT2D eigenvalue weighted by Gasteiger charge is -2.08. The molecule has 0 saturated heterocycles. The van der Waals surface area contributed by atoms with E-state index >= 15 is 0 Å². The van der Waals surface area contributed by atoms with Crippen LogP contribution in [-0.4, -0.2) is 16.2 Å². The van der Waals surface area contributed by atoms with Crippen LogP contribution >= 0.6 is 11.3 Å². The highest BCUT2D eigenvalue weighted by atomic mass is 32.1. The summed E-state index contributed by atoms with van der Waals surface area (Å²) in [5, 5.41) is 19.4. The van der Waals surface area contributed by atoms with Gasteiger partial charge in [0.25, 0.3) is 0 Å². The van der Waals surface area contributed by atoms with Crippen molar-refractivity contribution in [3.63, 3.8) is 0 Å². The molecule has 0 atom stereocenters. The Morgan fingerprint density at radius 1 is 1.23 bits per heavy atom. The Bertz CT molecular complexity index is 965. The fourth-order valence-electron chi connectivity index (χ4n) is 2.37. The number of hydrogen-bond acceptors (Lipinski definition) is 5. The topological polar surface area (TPSA) is 87.7 Å². The van der Waals surface area contributed by atoms with Gasteiger partial charge in [-0.2, -0.15) is 0 Å². The summed E-state index contributed by atoms with van der Waals surface area (Å²) in [6.45, 7) is 3.54. The van der Waals surface area contributed by atoms with Gasteiger partial charge in [0.2, 0.25) is 0 Å². The lowest BCUT2D eigenvalue weighted by molar-refractivity contribution is 0.0702. The van der Waals surface area contributed by atoms with Crippen LogP contribution in [0.1, 0.15) is 20.8 Å². The van der Waals surface area contributed by atoms with E-state index in [-0.39, 0.29) is 10.6 Å². The first-order valence-corrected chi connectivity index (χ1v) is 7.30. The molecule has 2 N–H and O–H groups in total. The molecule has 0 aliphatic rings. The number of carbonyl (C=O) groups is 1. The van der Waals surface area contributed by atoms with Crippen molar-refractivity contribution in [1.29, 1.82) is 0 Å². The summed E-state index contributed by atoms with van der Waals surface area (Å²) in [5.41, 5.74) is 1.49. The Labute approximate surface area is 129 Å². The zero-order valence-corrected chi connectivity index (χ0v) is 12.7. The summed E-state index contributed by atoms with van der Waals surface area (Å²) in [7, 11) is 0. The second-order valence-corrected chi connectivity index (χ2v) is 6.08. The minimum atomic E-state index is -1.03. The van der Waals surface area contributed by atoms with E-state index in [1.165, 1.54) is 12.1 Å². The number of carboxylic acid groups (broad SMARTS) is 1. The molecule has 6 heteroatoms. The molecular formula is C16H12O5S. The predicted octanol–water partition coefficient (Wildman–Crippen LogP) is 3.54. The van der Waals surface area contributed by atoms with Gasteiger partial charge in [0.05, 0.1) is 5.56 Å². The number of aromatic hydroxyl groups is 1. The highest BCUT2D eigenvalue weighted by Gasteiger charge is 2.17. The van der Waals surface area contributed by atoms with E-state index in [1.54, 1.807) is 26.0 Å². The molecule has 22 heavy (non-hydrogen) atoms. The van der Waals surface area contributed by atoms with Crippen molar-refractivity contribution in [3.05, 3.63) is 50.7 Å². The average Bonchev–Trinajstić information content (AvgIpc) is 2.91. The smallest absolute Gasteiger partial charge is 0.345 e. The molecule has 3 rings (SSSR count). The van der Waals surface area contributed by atoms with Crippen LogP contribution in [0.15, 0.2) is 33.5 Å². The molecule has 0 spiro atoms. The lowest BCUT2D eigenvalue weighted by atomic mass is 10.0. The normalized spacial score (nSPS) is 11.0. The molecule has 0 aliphatic carbocycles. The number of benzene rings is 1. The number of aromatic carboxylic acids is 1. The number of fused-ring (bicyclic) bond motifs is 1. The standard InChI is InChI=1S/C16H12O5S/c1-7-5-9-8(2)14(12-3-4-13(22-12)15(18)19)16(20)21-11(9)6-10(7)17/h3-6,17H,1-2H3,(H,18,19). The van der Waals surface area contributed by atoms with Gasteiger partial charge in [0, 0.05) is 16.3 Å². The van der Waals surface area contributed by atoms with Gasteiger partial charge in [-0.05, 0) is 43.2 Å². The number of phenolic OH excluding ortho intramolecular Hbond substituents is 1. The molecule has 1 aromatic carbocycles. The molecule has 0 aliphatic heterocycles. The zero-order chi connectivity index (χ0) is 16.0. The van der Waals surface area contributed by atoms with E-state index in [0.717, 1.165) is 16.7 Å². The minimum Gasteiger partial charge on any atom is -0.508 e. The van der Waals surface area contributed by atoms with E-state index in [0.29, 0.717) is 27.2 Å². The van der Waals surface area contributed by atoms with Gasteiger partial charge in [-0.1, -0.05) is 0 Å². The third-order valence-corrected chi connectivity index (χ3v) is 4.64. The van der Waals surface area contributed by atoms with E-state index in [4.69, 9.17) is 9.52 Å². The van der Waals surface area contributed by atoms with E-state index in [2.05, 4.69) is 0 Å². The molecule has 0 saturated carbocycles. The Morgan fingerprint density at radius 3 is 2.59 bits per heavy atom. The number of phenols is 1. The number of hydrogen-bond donors (Lipinski definition) is 2. The molecule has 0 bridgehead atoms. The summed E-state index contributed by atoms with van der Waals surface area (Å²) >= 11 is 1.03. The van der Waals surface area contributed by atoms with E-state index in [1.807, 2.05) is 0 Å². The number of carboxylic acids is 1. The quantitative estimate of drug-likeness (QED) is 0.706.